The summed E-state index contributed by atoms with van der Waals surface area (Å²) >= 11 is 0. The minimum absolute atomic E-state index is 0.0424. The van der Waals surface area contributed by atoms with Crippen LogP contribution in [0.1, 0.15) is 30.8 Å². The molecule has 0 aliphatic carbocycles. The van der Waals surface area contributed by atoms with Crippen molar-refractivity contribution in [1.29, 1.82) is 0 Å². The molecular weight excluding hydrogens is 260 g/mol. The van der Waals surface area contributed by atoms with Gasteiger partial charge in [0.1, 0.15) is 6.04 Å². The number of carbonyl (C=O) groups excluding carboxylic acids is 2. The zero-order chi connectivity index (χ0) is 14.7. The number of hydrogen-bond donors (Lipinski definition) is 2. The van der Waals surface area contributed by atoms with Crippen molar-refractivity contribution in [3.63, 3.8) is 0 Å². The Morgan fingerprint density at radius 3 is 2.75 bits per heavy atom. The van der Waals surface area contributed by atoms with Crippen LogP contribution >= 0.6 is 0 Å². The molecule has 2 heterocycles. The second kappa shape index (κ2) is 6.09. The SMILES string of the molecule is CC(C)C(NC(=O)c1ccco1)C(=O)N1CC[C@@H](O)C1. The van der Waals surface area contributed by atoms with E-state index < -0.39 is 18.1 Å². The normalized spacial score (nSPS) is 20.2. The van der Waals surface area contributed by atoms with Gasteiger partial charge in [0.05, 0.1) is 12.4 Å². The summed E-state index contributed by atoms with van der Waals surface area (Å²) in [6.45, 7) is 4.60. The Hall–Kier alpha value is -1.82. The largest absolute Gasteiger partial charge is 0.459 e. The molecule has 0 saturated carbocycles. The Labute approximate surface area is 117 Å². The van der Waals surface area contributed by atoms with Gasteiger partial charge in [-0.05, 0) is 24.5 Å². The monoisotopic (exact) mass is 280 g/mol. The van der Waals surface area contributed by atoms with Crippen LogP contribution in [-0.4, -0.2) is 47.1 Å². The van der Waals surface area contributed by atoms with Crippen LogP contribution in [0.2, 0.25) is 0 Å². The number of amides is 2. The fourth-order valence-corrected chi connectivity index (χ4v) is 2.27. The van der Waals surface area contributed by atoms with Gasteiger partial charge in [-0.25, -0.2) is 0 Å². The van der Waals surface area contributed by atoms with Gasteiger partial charge in [-0.3, -0.25) is 9.59 Å². The van der Waals surface area contributed by atoms with E-state index in [2.05, 4.69) is 5.32 Å². The number of carbonyl (C=O) groups is 2. The number of hydrogen-bond acceptors (Lipinski definition) is 4. The van der Waals surface area contributed by atoms with Crippen molar-refractivity contribution in [2.45, 2.75) is 32.4 Å². The molecule has 2 amide bonds. The lowest BCUT2D eigenvalue weighted by Gasteiger charge is -2.26. The third kappa shape index (κ3) is 3.19. The van der Waals surface area contributed by atoms with Crippen LogP contribution in [0.3, 0.4) is 0 Å². The lowest BCUT2D eigenvalue weighted by atomic mass is 10.0. The Morgan fingerprint density at radius 2 is 2.25 bits per heavy atom. The lowest BCUT2D eigenvalue weighted by Crippen LogP contribution is -2.50. The van der Waals surface area contributed by atoms with Crippen molar-refractivity contribution in [1.82, 2.24) is 10.2 Å². The smallest absolute Gasteiger partial charge is 0.287 e. The maximum Gasteiger partial charge on any atom is 0.287 e. The van der Waals surface area contributed by atoms with E-state index in [0.29, 0.717) is 19.5 Å². The van der Waals surface area contributed by atoms with Gasteiger partial charge in [0.15, 0.2) is 5.76 Å². The summed E-state index contributed by atoms with van der Waals surface area (Å²) in [4.78, 5) is 26.0. The van der Waals surface area contributed by atoms with Crippen LogP contribution in [0, 0.1) is 5.92 Å². The first-order chi connectivity index (χ1) is 9.49. The topological polar surface area (TPSA) is 82.8 Å². The fourth-order valence-electron chi connectivity index (χ4n) is 2.27. The molecule has 0 bridgehead atoms. The standard InChI is InChI=1S/C14H20N2O4/c1-9(2)12(14(19)16-6-5-10(17)8-16)15-13(18)11-4-3-7-20-11/h3-4,7,9-10,12,17H,5-6,8H2,1-2H3,(H,15,18)/t10-,12?/m1/s1. The molecule has 1 saturated heterocycles. The second-order valence-electron chi connectivity index (χ2n) is 5.40. The van der Waals surface area contributed by atoms with Crippen molar-refractivity contribution in [3.8, 4) is 0 Å². The number of β-amino-alcohol motifs (C(OH)–C–C–N with tert-alkyl or cyclic N) is 1. The predicted molar refractivity (Wildman–Crippen MR) is 72.0 cm³/mol. The summed E-state index contributed by atoms with van der Waals surface area (Å²) in [5.74, 6) is -0.415. The molecule has 20 heavy (non-hydrogen) atoms. The molecule has 0 spiro atoms. The molecule has 0 radical (unpaired) electrons. The van der Waals surface area contributed by atoms with Crippen molar-refractivity contribution in [2.75, 3.05) is 13.1 Å². The third-order valence-electron chi connectivity index (χ3n) is 3.44. The van der Waals surface area contributed by atoms with Crippen LogP contribution in [0.4, 0.5) is 0 Å². The van der Waals surface area contributed by atoms with E-state index in [1.807, 2.05) is 13.8 Å². The number of furan rings is 1. The van der Waals surface area contributed by atoms with Gasteiger partial charge in [-0.2, -0.15) is 0 Å². The molecular formula is C14H20N2O4. The van der Waals surface area contributed by atoms with E-state index in [-0.39, 0.29) is 17.6 Å². The Morgan fingerprint density at radius 1 is 1.50 bits per heavy atom. The summed E-state index contributed by atoms with van der Waals surface area (Å²) in [6.07, 6.45) is 1.54. The average molecular weight is 280 g/mol. The number of likely N-dealkylation sites (tertiary alicyclic amines) is 1. The highest BCUT2D eigenvalue weighted by Crippen LogP contribution is 2.14. The van der Waals surface area contributed by atoms with E-state index in [1.54, 1.807) is 17.0 Å². The maximum atomic E-state index is 12.4. The van der Waals surface area contributed by atoms with E-state index in [4.69, 9.17) is 4.42 Å². The Balaban J connectivity index is 2.03. The number of rotatable bonds is 4. The number of nitrogens with one attached hydrogen (secondary N) is 1. The summed E-state index contributed by atoms with van der Waals surface area (Å²) < 4.78 is 5.02. The Bertz CT molecular complexity index is 470. The number of aliphatic hydroxyl groups is 1. The molecule has 6 nitrogen and oxygen atoms in total. The zero-order valence-corrected chi connectivity index (χ0v) is 11.7. The van der Waals surface area contributed by atoms with Crippen LogP contribution in [0.15, 0.2) is 22.8 Å². The van der Waals surface area contributed by atoms with Crippen LogP contribution in [-0.2, 0) is 4.79 Å². The second-order valence-corrected chi connectivity index (χ2v) is 5.40. The summed E-state index contributed by atoms with van der Waals surface area (Å²) in [6, 6.07) is 2.56. The first kappa shape index (κ1) is 14.6. The van der Waals surface area contributed by atoms with Gasteiger partial charge in [0.25, 0.3) is 5.91 Å². The molecule has 1 fully saturated rings. The van der Waals surface area contributed by atoms with Gasteiger partial charge in [-0.15, -0.1) is 0 Å². The average Bonchev–Trinajstić information content (AvgIpc) is 3.05. The molecule has 1 aromatic heterocycles. The highest BCUT2D eigenvalue weighted by Gasteiger charge is 2.33. The van der Waals surface area contributed by atoms with Crippen molar-refractivity contribution in [3.05, 3.63) is 24.2 Å². The first-order valence-electron chi connectivity index (χ1n) is 6.80. The van der Waals surface area contributed by atoms with Gasteiger partial charge in [0.2, 0.25) is 5.91 Å². The number of aliphatic hydroxyl groups excluding tert-OH is 1. The van der Waals surface area contributed by atoms with Crippen molar-refractivity contribution in [2.24, 2.45) is 5.92 Å². The maximum absolute atomic E-state index is 12.4. The van der Waals surface area contributed by atoms with E-state index in [1.165, 1.54) is 6.26 Å². The highest BCUT2D eigenvalue weighted by atomic mass is 16.3. The minimum Gasteiger partial charge on any atom is -0.459 e. The molecule has 0 aromatic carbocycles. The molecule has 1 aliphatic rings. The van der Waals surface area contributed by atoms with Gasteiger partial charge >= 0.3 is 0 Å². The molecule has 6 heteroatoms. The van der Waals surface area contributed by atoms with Gasteiger partial charge in [0, 0.05) is 13.1 Å². The molecule has 1 unspecified atom stereocenters. The van der Waals surface area contributed by atoms with E-state index >= 15 is 0 Å². The fraction of sp³-hybridized carbons (Fsp3) is 0.571. The van der Waals surface area contributed by atoms with Crippen molar-refractivity contribution < 1.29 is 19.1 Å². The van der Waals surface area contributed by atoms with Crippen molar-refractivity contribution >= 4 is 11.8 Å². The summed E-state index contributed by atoms with van der Waals surface area (Å²) in [5, 5.41) is 12.2. The summed E-state index contributed by atoms with van der Waals surface area (Å²) in [7, 11) is 0. The Kier molecular flexibility index (Phi) is 4.44. The van der Waals surface area contributed by atoms with Gasteiger partial charge in [-0.1, -0.05) is 13.8 Å². The van der Waals surface area contributed by atoms with Crippen LogP contribution in [0.25, 0.3) is 0 Å². The van der Waals surface area contributed by atoms with Crippen LogP contribution < -0.4 is 5.32 Å². The highest BCUT2D eigenvalue weighted by molar-refractivity contribution is 5.95. The molecule has 2 N–H and O–H groups in total. The predicted octanol–water partition coefficient (Wildman–Crippen LogP) is 0.627. The molecule has 1 aliphatic heterocycles. The minimum atomic E-state index is -0.613. The third-order valence-corrected chi connectivity index (χ3v) is 3.44. The van der Waals surface area contributed by atoms with E-state index in [0.717, 1.165) is 0 Å². The number of nitrogens with zero attached hydrogens (tertiary/aromatic N) is 1. The quantitative estimate of drug-likeness (QED) is 0.847. The first-order valence-corrected chi connectivity index (χ1v) is 6.80. The van der Waals surface area contributed by atoms with E-state index in [9.17, 15) is 14.7 Å². The molecule has 2 rings (SSSR count). The zero-order valence-electron chi connectivity index (χ0n) is 11.7. The molecule has 110 valence electrons. The summed E-state index contributed by atoms with van der Waals surface area (Å²) in [5.41, 5.74) is 0. The molecule has 2 atom stereocenters. The van der Waals surface area contributed by atoms with Crippen LogP contribution in [0.5, 0.6) is 0 Å². The van der Waals surface area contributed by atoms with Gasteiger partial charge < -0.3 is 19.7 Å². The molecule has 1 aromatic rings. The lowest BCUT2D eigenvalue weighted by molar-refractivity contribution is -0.133.